The molecule has 0 fully saturated rings. The molecule has 0 saturated carbocycles. The fourth-order valence-electron chi connectivity index (χ4n) is 1.64. The van der Waals surface area contributed by atoms with Gasteiger partial charge in [-0.1, -0.05) is 20.8 Å². The van der Waals surface area contributed by atoms with Gasteiger partial charge in [0.15, 0.2) is 0 Å². The van der Waals surface area contributed by atoms with Gasteiger partial charge in [-0.15, -0.1) is 0 Å². The quantitative estimate of drug-likeness (QED) is 0.600. The van der Waals surface area contributed by atoms with Crippen LogP contribution in [0.2, 0.25) is 0 Å². The summed E-state index contributed by atoms with van der Waals surface area (Å²) in [5, 5.41) is 5.61. The number of hydrogen-bond acceptors (Lipinski definition) is 4. The zero-order chi connectivity index (χ0) is 17.9. The summed E-state index contributed by atoms with van der Waals surface area (Å²) in [6.45, 7) is 14.0. The Balaban J connectivity index is 3.43. The van der Waals surface area contributed by atoms with E-state index in [1.807, 2.05) is 41.5 Å². The molecule has 0 aliphatic rings. The zero-order valence-electron chi connectivity index (χ0n) is 15.6. The van der Waals surface area contributed by atoms with E-state index in [9.17, 15) is 9.59 Å². The standard InChI is InChI=1S/C17H34N2O4/c1-16(2,3)12-14(20)19-9-11-22-10-7-8-18-15(21)13-23-17(4,5)6/h7-13H2,1-6H3,(H,18,21)(H,19,20). The topological polar surface area (TPSA) is 76.7 Å². The van der Waals surface area contributed by atoms with Crippen molar-refractivity contribution in [1.29, 1.82) is 0 Å². The Morgan fingerprint density at radius 3 is 2.04 bits per heavy atom. The predicted molar refractivity (Wildman–Crippen MR) is 91.2 cm³/mol. The first-order valence-electron chi connectivity index (χ1n) is 8.25. The number of carbonyl (C=O) groups excluding carboxylic acids is 2. The molecular formula is C17H34N2O4. The smallest absolute Gasteiger partial charge is 0.246 e. The minimum atomic E-state index is -0.308. The summed E-state index contributed by atoms with van der Waals surface area (Å²) >= 11 is 0. The van der Waals surface area contributed by atoms with Crippen molar-refractivity contribution in [3.63, 3.8) is 0 Å². The van der Waals surface area contributed by atoms with Crippen LogP contribution in [0, 0.1) is 5.41 Å². The van der Waals surface area contributed by atoms with Crippen molar-refractivity contribution in [2.75, 3.05) is 32.9 Å². The number of hydrogen-bond donors (Lipinski definition) is 2. The Labute approximate surface area is 140 Å². The lowest BCUT2D eigenvalue weighted by atomic mass is 9.92. The molecule has 0 aliphatic heterocycles. The average molecular weight is 330 g/mol. The van der Waals surface area contributed by atoms with Crippen LogP contribution in [-0.4, -0.2) is 50.3 Å². The van der Waals surface area contributed by atoms with Gasteiger partial charge in [-0.05, 0) is 32.6 Å². The second-order valence-electron chi connectivity index (χ2n) is 7.80. The maximum atomic E-state index is 11.6. The molecule has 0 saturated heterocycles. The third kappa shape index (κ3) is 17.1. The summed E-state index contributed by atoms with van der Waals surface area (Å²) in [5.74, 6) is -0.0680. The molecule has 0 aromatic carbocycles. The molecule has 0 aliphatic carbocycles. The highest BCUT2D eigenvalue weighted by Gasteiger charge is 2.15. The van der Waals surface area contributed by atoms with E-state index in [0.717, 1.165) is 6.42 Å². The first-order chi connectivity index (χ1) is 10.5. The minimum Gasteiger partial charge on any atom is -0.380 e. The van der Waals surface area contributed by atoms with Crippen molar-refractivity contribution in [1.82, 2.24) is 10.6 Å². The minimum absolute atomic E-state index is 0.000147. The van der Waals surface area contributed by atoms with E-state index in [-0.39, 0.29) is 29.4 Å². The largest absolute Gasteiger partial charge is 0.380 e. The Kier molecular flexibility index (Phi) is 10.1. The molecule has 136 valence electrons. The van der Waals surface area contributed by atoms with Gasteiger partial charge in [0.1, 0.15) is 6.61 Å². The van der Waals surface area contributed by atoms with Gasteiger partial charge in [-0.3, -0.25) is 9.59 Å². The Hall–Kier alpha value is -1.14. The van der Waals surface area contributed by atoms with E-state index >= 15 is 0 Å². The maximum Gasteiger partial charge on any atom is 0.246 e. The van der Waals surface area contributed by atoms with Crippen molar-refractivity contribution in [3.8, 4) is 0 Å². The van der Waals surface area contributed by atoms with Crippen molar-refractivity contribution in [2.24, 2.45) is 5.41 Å². The van der Waals surface area contributed by atoms with E-state index in [2.05, 4.69) is 10.6 Å². The number of amides is 2. The van der Waals surface area contributed by atoms with Gasteiger partial charge in [0, 0.05) is 26.1 Å². The molecular weight excluding hydrogens is 296 g/mol. The van der Waals surface area contributed by atoms with Crippen LogP contribution in [0.25, 0.3) is 0 Å². The van der Waals surface area contributed by atoms with Crippen LogP contribution in [0.5, 0.6) is 0 Å². The molecule has 0 spiro atoms. The molecule has 6 nitrogen and oxygen atoms in total. The molecule has 2 amide bonds. The van der Waals surface area contributed by atoms with Gasteiger partial charge in [0.25, 0.3) is 0 Å². The summed E-state index contributed by atoms with van der Waals surface area (Å²) < 4.78 is 10.8. The number of nitrogens with one attached hydrogen (secondary N) is 2. The van der Waals surface area contributed by atoms with Gasteiger partial charge in [-0.25, -0.2) is 0 Å². The van der Waals surface area contributed by atoms with E-state index in [1.54, 1.807) is 0 Å². The van der Waals surface area contributed by atoms with E-state index in [1.165, 1.54) is 0 Å². The second kappa shape index (κ2) is 10.6. The molecule has 0 aromatic rings. The molecule has 23 heavy (non-hydrogen) atoms. The van der Waals surface area contributed by atoms with Crippen molar-refractivity contribution in [3.05, 3.63) is 0 Å². The zero-order valence-corrected chi connectivity index (χ0v) is 15.6. The number of carbonyl (C=O) groups is 2. The van der Waals surface area contributed by atoms with Crippen LogP contribution in [0.3, 0.4) is 0 Å². The molecule has 6 heteroatoms. The van der Waals surface area contributed by atoms with Crippen LogP contribution in [0.4, 0.5) is 0 Å². The molecule has 2 N–H and O–H groups in total. The van der Waals surface area contributed by atoms with Gasteiger partial charge >= 0.3 is 0 Å². The Morgan fingerprint density at radius 1 is 0.870 bits per heavy atom. The van der Waals surface area contributed by atoms with Crippen molar-refractivity contribution < 1.29 is 19.1 Å². The van der Waals surface area contributed by atoms with E-state index in [4.69, 9.17) is 9.47 Å². The lowest BCUT2D eigenvalue weighted by Crippen LogP contribution is -2.33. The van der Waals surface area contributed by atoms with Gasteiger partial charge in [0.2, 0.25) is 11.8 Å². The van der Waals surface area contributed by atoms with Gasteiger partial charge < -0.3 is 20.1 Å². The third-order valence-corrected chi connectivity index (χ3v) is 2.68. The summed E-state index contributed by atoms with van der Waals surface area (Å²) in [5.41, 5.74) is -0.308. The highest BCUT2D eigenvalue weighted by molar-refractivity contribution is 5.77. The molecule has 0 atom stereocenters. The summed E-state index contributed by atoms with van der Waals surface area (Å²) in [6, 6.07) is 0. The highest BCUT2D eigenvalue weighted by Crippen LogP contribution is 2.17. The Morgan fingerprint density at radius 2 is 1.48 bits per heavy atom. The second-order valence-corrected chi connectivity index (χ2v) is 7.80. The number of ether oxygens (including phenoxy) is 2. The molecule has 0 heterocycles. The lowest BCUT2D eigenvalue weighted by molar-refractivity contribution is -0.130. The van der Waals surface area contributed by atoms with Crippen LogP contribution in [-0.2, 0) is 19.1 Å². The monoisotopic (exact) mass is 330 g/mol. The van der Waals surface area contributed by atoms with E-state index < -0.39 is 0 Å². The number of rotatable bonds is 10. The maximum absolute atomic E-state index is 11.6. The molecule has 0 aromatic heterocycles. The van der Waals surface area contributed by atoms with Gasteiger partial charge in [-0.2, -0.15) is 0 Å². The summed E-state index contributed by atoms with van der Waals surface area (Å²) in [6.07, 6.45) is 1.24. The predicted octanol–water partition coefficient (Wildman–Crippen LogP) is 1.88. The summed E-state index contributed by atoms with van der Waals surface area (Å²) in [7, 11) is 0. The Bertz CT molecular complexity index is 357. The van der Waals surface area contributed by atoms with Crippen LogP contribution in [0.15, 0.2) is 0 Å². The normalized spacial score (nSPS) is 12.1. The molecule has 0 rings (SSSR count). The summed E-state index contributed by atoms with van der Waals surface area (Å²) in [4.78, 5) is 23.1. The molecule has 0 radical (unpaired) electrons. The molecule has 0 bridgehead atoms. The molecule has 0 unspecified atom stereocenters. The first-order valence-corrected chi connectivity index (χ1v) is 8.25. The fraction of sp³-hybridized carbons (Fsp3) is 0.882. The third-order valence-electron chi connectivity index (χ3n) is 2.68. The SMILES string of the molecule is CC(C)(C)CC(=O)NCCOCCCNC(=O)COC(C)(C)C. The van der Waals surface area contributed by atoms with Crippen LogP contribution >= 0.6 is 0 Å². The van der Waals surface area contributed by atoms with Crippen LogP contribution in [0.1, 0.15) is 54.4 Å². The van der Waals surface area contributed by atoms with Gasteiger partial charge in [0.05, 0.1) is 12.2 Å². The highest BCUT2D eigenvalue weighted by atomic mass is 16.5. The van der Waals surface area contributed by atoms with Crippen molar-refractivity contribution >= 4 is 11.8 Å². The average Bonchev–Trinajstić information content (AvgIpc) is 2.36. The van der Waals surface area contributed by atoms with E-state index in [0.29, 0.717) is 32.7 Å². The fourth-order valence-corrected chi connectivity index (χ4v) is 1.64. The first kappa shape index (κ1) is 21.9. The van der Waals surface area contributed by atoms with Crippen molar-refractivity contribution in [2.45, 2.75) is 60.0 Å². The van der Waals surface area contributed by atoms with Crippen LogP contribution < -0.4 is 10.6 Å². The lowest BCUT2D eigenvalue weighted by Gasteiger charge is -2.19.